The van der Waals surface area contributed by atoms with Crippen molar-refractivity contribution in [2.24, 2.45) is 4.99 Å². The van der Waals surface area contributed by atoms with Crippen molar-refractivity contribution in [3.05, 3.63) is 17.5 Å². The van der Waals surface area contributed by atoms with E-state index in [1.54, 1.807) is 11.3 Å². The highest BCUT2D eigenvalue weighted by molar-refractivity contribution is 7.14. The monoisotopic (exact) mass is 152 g/mol. The van der Waals surface area contributed by atoms with Crippen LogP contribution >= 0.6 is 11.3 Å². The van der Waals surface area contributed by atoms with Crippen molar-refractivity contribution in [1.82, 2.24) is 0 Å². The van der Waals surface area contributed by atoms with E-state index in [0.717, 1.165) is 13.1 Å². The molecule has 0 amide bonds. The molecule has 1 aliphatic heterocycles. The van der Waals surface area contributed by atoms with Crippen LogP contribution in [0.1, 0.15) is 0 Å². The average molecular weight is 152 g/mol. The Bertz CT molecular complexity index is 228. The van der Waals surface area contributed by atoms with Crippen molar-refractivity contribution in [2.45, 2.75) is 0 Å². The molecule has 2 heterocycles. The lowest BCUT2D eigenvalue weighted by Gasteiger charge is -2.08. The second-order valence-electron chi connectivity index (χ2n) is 2.17. The Balaban J connectivity index is 2.20. The number of anilines is 1. The molecule has 0 fully saturated rings. The zero-order valence-electron chi connectivity index (χ0n) is 5.53. The summed E-state index contributed by atoms with van der Waals surface area (Å²) in [6.45, 7) is 1.98. The SMILES string of the molecule is C1=NCCN1c1cccs1. The van der Waals surface area contributed by atoms with Gasteiger partial charge in [-0.2, -0.15) is 0 Å². The fourth-order valence-electron chi connectivity index (χ4n) is 0.980. The zero-order valence-corrected chi connectivity index (χ0v) is 6.34. The number of nitrogens with zero attached hydrogens (tertiary/aromatic N) is 2. The number of aliphatic imine (C=N–C) groups is 1. The van der Waals surface area contributed by atoms with Gasteiger partial charge in [-0.15, -0.1) is 11.3 Å². The lowest BCUT2D eigenvalue weighted by atomic mass is 10.5. The quantitative estimate of drug-likeness (QED) is 0.596. The van der Waals surface area contributed by atoms with Gasteiger partial charge in [-0.05, 0) is 17.5 Å². The highest BCUT2D eigenvalue weighted by atomic mass is 32.1. The maximum absolute atomic E-state index is 4.13. The van der Waals surface area contributed by atoms with Gasteiger partial charge in [0, 0.05) is 6.54 Å². The standard InChI is InChI=1S/C7H8N2S/c1-2-7(10-5-1)9-4-3-8-6-9/h1-2,5-6H,3-4H2. The molecular formula is C7H8N2S. The summed E-state index contributed by atoms with van der Waals surface area (Å²) in [5, 5.41) is 3.38. The predicted octanol–water partition coefficient (Wildman–Crippen LogP) is 1.60. The first-order chi connectivity index (χ1) is 4.97. The van der Waals surface area contributed by atoms with Gasteiger partial charge in [0.25, 0.3) is 0 Å². The van der Waals surface area contributed by atoms with E-state index in [1.807, 2.05) is 6.34 Å². The van der Waals surface area contributed by atoms with Crippen molar-refractivity contribution in [3.8, 4) is 0 Å². The minimum Gasteiger partial charge on any atom is -0.323 e. The summed E-state index contributed by atoms with van der Waals surface area (Å²) in [5.74, 6) is 0. The summed E-state index contributed by atoms with van der Waals surface area (Å²) in [4.78, 5) is 6.30. The molecule has 0 N–H and O–H groups in total. The molecular weight excluding hydrogens is 144 g/mol. The van der Waals surface area contributed by atoms with E-state index in [2.05, 4.69) is 27.4 Å². The smallest absolute Gasteiger partial charge is 0.0960 e. The topological polar surface area (TPSA) is 15.6 Å². The van der Waals surface area contributed by atoms with Crippen molar-refractivity contribution < 1.29 is 0 Å². The Morgan fingerprint density at radius 2 is 2.60 bits per heavy atom. The molecule has 52 valence electrons. The van der Waals surface area contributed by atoms with Gasteiger partial charge >= 0.3 is 0 Å². The van der Waals surface area contributed by atoms with E-state index in [9.17, 15) is 0 Å². The summed E-state index contributed by atoms with van der Waals surface area (Å²) in [6.07, 6.45) is 1.91. The van der Waals surface area contributed by atoms with Crippen LogP contribution in [0.2, 0.25) is 0 Å². The third-order valence-electron chi connectivity index (χ3n) is 1.48. The minimum atomic E-state index is 0.942. The molecule has 0 aliphatic carbocycles. The van der Waals surface area contributed by atoms with Crippen molar-refractivity contribution in [3.63, 3.8) is 0 Å². The van der Waals surface area contributed by atoms with Crippen LogP contribution in [0.25, 0.3) is 0 Å². The molecule has 0 saturated carbocycles. The van der Waals surface area contributed by atoms with Gasteiger partial charge < -0.3 is 4.90 Å². The predicted molar refractivity (Wildman–Crippen MR) is 45.0 cm³/mol. The highest BCUT2D eigenvalue weighted by Gasteiger charge is 2.07. The molecule has 0 atom stereocenters. The molecule has 0 aromatic carbocycles. The van der Waals surface area contributed by atoms with Gasteiger partial charge in [0.2, 0.25) is 0 Å². The first-order valence-corrected chi connectivity index (χ1v) is 4.15. The van der Waals surface area contributed by atoms with Crippen LogP contribution in [0.15, 0.2) is 22.5 Å². The summed E-state index contributed by atoms with van der Waals surface area (Å²) in [7, 11) is 0. The minimum absolute atomic E-state index is 0.942. The third-order valence-corrected chi connectivity index (χ3v) is 2.39. The molecule has 0 radical (unpaired) electrons. The fourth-order valence-corrected chi connectivity index (χ4v) is 1.71. The van der Waals surface area contributed by atoms with E-state index in [0.29, 0.717) is 0 Å². The van der Waals surface area contributed by atoms with Gasteiger partial charge in [0.15, 0.2) is 0 Å². The fraction of sp³-hybridized carbons (Fsp3) is 0.286. The molecule has 1 aromatic rings. The Kier molecular flexibility index (Phi) is 1.43. The molecule has 1 aliphatic rings. The molecule has 1 aromatic heterocycles. The number of hydrogen-bond donors (Lipinski definition) is 0. The summed E-state index contributed by atoms with van der Waals surface area (Å²) >= 11 is 1.75. The summed E-state index contributed by atoms with van der Waals surface area (Å²) in [6, 6.07) is 4.17. The molecule has 2 nitrogen and oxygen atoms in total. The maximum Gasteiger partial charge on any atom is 0.0960 e. The van der Waals surface area contributed by atoms with Crippen molar-refractivity contribution in [2.75, 3.05) is 18.0 Å². The van der Waals surface area contributed by atoms with Crippen molar-refractivity contribution in [1.29, 1.82) is 0 Å². The first-order valence-electron chi connectivity index (χ1n) is 3.27. The number of hydrogen-bond acceptors (Lipinski definition) is 3. The van der Waals surface area contributed by atoms with Crippen molar-refractivity contribution >= 4 is 22.7 Å². The van der Waals surface area contributed by atoms with Crippen LogP contribution in [-0.4, -0.2) is 19.4 Å². The molecule has 0 bridgehead atoms. The second kappa shape index (κ2) is 2.42. The third kappa shape index (κ3) is 0.926. The van der Waals surface area contributed by atoms with Crippen LogP contribution in [0.3, 0.4) is 0 Å². The molecule has 3 heteroatoms. The molecule has 2 rings (SSSR count). The van der Waals surface area contributed by atoms with E-state index >= 15 is 0 Å². The Labute approximate surface area is 63.8 Å². The van der Waals surface area contributed by atoms with E-state index in [-0.39, 0.29) is 0 Å². The number of rotatable bonds is 1. The molecule has 0 spiro atoms. The van der Waals surface area contributed by atoms with E-state index in [1.165, 1.54) is 5.00 Å². The van der Waals surface area contributed by atoms with Crippen LogP contribution in [0.5, 0.6) is 0 Å². The molecule has 10 heavy (non-hydrogen) atoms. The first kappa shape index (κ1) is 5.92. The van der Waals surface area contributed by atoms with Gasteiger partial charge in [-0.3, -0.25) is 4.99 Å². The average Bonchev–Trinajstić information content (AvgIpc) is 2.59. The Morgan fingerprint density at radius 1 is 1.60 bits per heavy atom. The second-order valence-corrected chi connectivity index (χ2v) is 3.09. The number of thiophene rings is 1. The van der Waals surface area contributed by atoms with E-state index in [4.69, 9.17) is 0 Å². The molecule has 0 saturated heterocycles. The normalized spacial score (nSPS) is 16.6. The van der Waals surface area contributed by atoms with Crippen LogP contribution in [0.4, 0.5) is 5.00 Å². The maximum atomic E-state index is 4.13. The van der Waals surface area contributed by atoms with Crippen LogP contribution < -0.4 is 4.90 Å². The lowest BCUT2D eigenvalue weighted by molar-refractivity contribution is 1.03. The van der Waals surface area contributed by atoms with Crippen LogP contribution in [-0.2, 0) is 0 Å². The van der Waals surface area contributed by atoms with Gasteiger partial charge in [0.05, 0.1) is 17.9 Å². The van der Waals surface area contributed by atoms with Crippen LogP contribution in [0, 0.1) is 0 Å². The van der Waals surface area contributed by atoms with Gasteiger partial charge in [0.1, 0.15) is 0 Å². The van der Waals surface area contributed by atoms with E-state index < -0.39 is 0 Å². The summed E-state index contributed by atoms with van der Waals surface area (Å²) in [5.41, 5.74) is 0. The Hall–Kier alpha value is -0.830. The summed E-state index contributed by atoms with van der Waals surface area (Å²) < 4.78 is 0. The largest absolute Gasteiger partial charge is 0.323 e. The Morgan fingerprint density at radius 3 is 3.20 bits per heavy atom. The van der Waals surface area contributed by atoms with Gasteiger partial charge in [-0.1, -0.05) is 0 Å². The van der Waals surface area contributed by atoms with Gasteiger partial charge in [-0.25, -0.2) is 0 Å². The zero-order chi connectivity index (χ0) is 6.81. The molecule has 0 unspecified atom stereocenters. The lowest BCUT2D eigenvalue weighted by Crippen LogP contribution is -2.16. The highest BCUT2D eigenvalue weighted by Crippen LogP contribution is 2.20.